The predicted octanol–water partition coefficient (Wildman–Crippen LogP) is 2.02. The lowest BCUT2D eigenvalue weighted by Gasteiger charge is -2.08. The van der Waals surface area contributed by atoms with Gasteiger partial charge in [-0.1, -0.05) is 12.1 Å². The molecule has 0 aliphatic carbocycles. The van der Waals surface area contributed by atoms with Crippen molar-refractivity contribution in [3.05, 3.63) is 58.8 Å². The number of rotatable bonds is 2. The van der Waals surface area contributed by atoms with Crippen LogP contribution in [0.4, 0.5) is 10.1 Å². The van der Waals surface area contributed by atoms with E-state index in [0.717, 1.165) is 0 Å². The summed E-state index contributed by atoms with van der Waals surface area (Å²) in [6, 6.07) is 9.52. The highest BCUT2D eigenvalue weighted by Crippen LogP contribution is 2.11. The van der Waals surface area contributed by atoms with Crippen molar-refractivity contribution in [2.24, 2.45) is 0 Å². The molecule has 0 aliphatic heterocycles. The average molecular weight is 218 g/mol. The van der Waals surface area contributed by atoms with E-state index in [1.807, 2.05) is 0 Å². The second-order valence-electron chi connectivity index (χ2n) is 3.30. The van der Waals surface area contributed by atoms with Crippen molar-refractivity contribution in [3.63, 3.8) is 0 Å². The summed E-state index contributed by atoms with van der Waals surface area (Å²) in [6.07, 6.45) is 1.54. The number of anilines is 1. The number of hydrogen-bond acceptors (Lipinski definition) is 2. The topological polar surface area (TPSA) is 34.0 Å². The van der Waals surface area contributed by atoms with Gasteiger partial charge in [0, 0.05) is 13.2 Å². The normalized spacial score (nSPS) is 10.1. The molecule has 1 N–H and O–H groups in total. The molecule has 16 heavy (non-hydrogen) atoms. The third-order valence-electron chi connectivity index (χ3n) is 2.33. The predicted molar refractivity (Wildman–Crippen MR) is 61.5 cm³/mol. The monoisotopic (exact) mass is 218 g/mol. The molecule has 0 fully saturated rings. The number of aromatic nitrogens is 1. The van der Waals surface area contributed by atoms with Gasteiger partial charge in [0.15, 0.2) is 0 Å². The van der Waals surface area contributed by atoms with Crippen LogP contribution in [0, 0.1) is 5.82 Å². The molecule has 0 aliphatic rings. The molecule has 1 heterocycles. The first-order chi connectivity index (χ1) is 7.74. The fraction of sp³-hybridized carbons (Fsp3) is 0.0833. The Balaban J connectivity index is 2.66. The molecule has 2 aromatic rings. The van der Waals surface area contributed by atoms with Gasteiger partial charge in [-0.3, -0.25) is 9.36 Å². The van der Waals surface area contributed by atoms with Gasteiger partial charge in [0.1, 0.15) is 11.5 Å². The summed E-state index contributed by atoms with van der Waals surface area (Å²) < 4.78 is 14.8. The van der Waals surface area contributed by atoms with Gasteiger partial charge in [-0.15, -0.1) is 0 Å². The zero-order chi connectivity index (χ0) is 11.5. The van der Waals surface area contributed by atoms with Crippen LogP contribution in [-0.4, -0.2) is 11.6 Å². The highest BCUT2D eigenvalue weighted by Gasteiger charge is 2.06. The van der Waals surface area contributed by atoms with E-state index in [0.29, 0.717) is 5.69 Å². The van der Waals surface area contributed by atoms with Crippen LogP contribution in [0.5, 0.6) is 0 Å². The van der Waals surface area contributed by atoms with Gasteiger partial charge in [-0.25, -0.2) is 4.39 Å². The van der Waals surface area contributed by atoms with Crippen LogP contribution in [0.3, 0.4) is 0 Å². The lowest BCUT2D eigenvalue weighted by atomic mass is 10.3. The van der Waals surface area contributed by atoms with E-state index in [2.05, 4.69) is 5.32 Å². The van der Waals surface area contributed by atoms with Crippen molar-refractivity contribution in [1.29, 1.82) is 0 Å². The maximum Gasteiger partial charge on any atom is 0.278 e. The molecule has 2 rings (SSSR count). The fourth-order valence-electron chi connectivity index (χ4n) is 1.52. The van der Waals surface area contributed by atoms with Gasteiger partial charge in [0.2, 0.25) is 0 Å². The highest BCUT2D eigenvalue weighted by molar-refractivity contribution is 5.43. The summed E-state index contributed by atoms with van der Waals surface area (Å²) in [5.74, 6) is -0.419. The smallest absolute Gasteiger partial charge is 0.278 e. The quantitative estimate of drug-likeness (QED) is 0.836. The number of pyridine rings is 1. The molecule has 1 aromatic carbocycles. The SMILES string of the molecule is CNc1cccn(-c2ccccc2F)c1=O. The summed E-state index contributed by atoms with van der Waals surface area (Å²) in [6.45, 7) is 0. The van der Waals surface area contributed by atoms with Crippen LogP contribution in [0.15, 0.2) is 47.4 Å². The van der Waals surface area contributed by atoms with Gasteiger partial charge >= 0.3 is 0 Å². The van der Waals surface area contributed by atoms with Gasteiger partial charge < -0.3 is 5.32 Å². The van der Waals surface area contributed by atoms with Crippen LogP contribution < -0.4 is 10.9 Å². The molecule has 1 aromatic heterocycles. The maximum atomic E-state index is 13.5. The lowest BCUT2D eigenvalue weighted by Crippen LogP contribution is -2.21. The Morgan fingerprint density at radius 3 is 2.62 bits per heavy atom. The Bertz CT molecular complexity index is 563. The first-order valence-electron chi connectivity index (χ1n) is 4.88. The molecule has 0 saturated carbocycles. The van der Waals surface area contributed by atoms with Crippen LogP contribution in [0.25, 0.3) is 5.69 Å². The molecule has 0 saturated heterocycles. The summed E-state index contributed by atoms with van der Waals surface area (Å²) in [5.41, 5.74) is 0.422. The molecular formula is C12H11FN2O. The van der Waals surface area contributed by atoms with Crippen LogP contribution in [0.1, 0.15) is 0 Å². The molecule has 0 spiro atoms. The van der Waals surface area contributed by atoms with E-state index in [-0.39, 0.29) is 11.2 Å². The summed E-state index contributed by atoms with van der Waals surface area (Å²) in [4.78, 5) is 11.9. The zero-order valence-electron chi connectivity index (χ0n) is 8.77. The summed E-state index contributed by atoms with van der Waals surface area (Å²) in [7, 11) is 1.66. The number of nitrogens with zero attached hydrogens (tertiary/aromatic N) is 1. The number of nitrogens with one attached hydrogen (secondary N) is 1. The third-order valence-corrected chi connectivity index (χ3v) is 2.33. The van der Waals surface area contributed by atoms with Crippen molar-refractivity contribution in [1.82, 2.24) is 4.57 Å². The molecule has 0 bridgehead atoms. The largest absolute Gasteiger partial charge is 0.384 e. The van der Waals surface area contributed by atoms with Crippen LogP contribution in [0.2, 0.25) is 0 Å². The standard InChI is InChI=1S/C12H11FN2O/c1-14-10-6-4-8-15(12(10)16)11-7-3-2-5-9(11)13/h2-8,14H,1H3. The minimum Gasteiger partial charge on any atom is -0.384 e. The minimum absolute atomic E-state index is 0.254. The van der Waals surface area contributed by atoms with E-state index < -0.39 is 5.82 Å². The molecule has 82 valence electrons. The molecule has 0 atom stereocenters. The van der Waals surface area contributed by atoms with Crippen molar-refractivity contribution in [2.45, 2.75) is 0 Å². The second-order valence-corrected chi connectivity index (χ2v) is 3.30. The molecule has 3 nitrogen and oxygen atoms in total. The average Bonchev–Trinajstić information content (AvgIpc) is 2.31. The van der Waals surface area contributed by atoms with E-state index >= 15 is 0 Å². The van der Waals surface area contributed by atoms with Crippen LogP contribution in [-0.2, 0) is 0 Å². The second kappa shape index (κ2) is 4.18. The molecule has 0 unspecified atom stereocenters. The number of halogens is 1. The highest BCUT2D eigenvalue weighted by atomic mass is 19.1. The number of benzene rings is 1. The fourth-order valence-corrected chi connectivity index (χ4v) is 1.52. The van der Waals surface area contributed by atoms with Crippen molar-refractivity contribution in [3.8, 4) is 5.69 Å². The van der Waals surface area contributed by atoms with E-state index in [1.54, 1.807) is 43.6 Å². The van der Waals surface area contributed by atoms with Crippen LogP contribution >= 0.6 is 0 Å². The van der Waals surface area contributed by atoms with E-state index in [9.17, 15) is 9.18 Å². The van der Waals surface area contributed by atoms with Crippen molar-refractivity contribution >= 4 is 5.69 Å². The lowest BCUT2D eigenvalue weighted by molar-refractivity contribution is 0.616. The first-order valence-corrected chi connectivity index (χ1v) is 4.88. The Morgan fingerprint density at radius 2 is 1.94 bits per heavy atom. The molecular weight excluding hydrogens is 207 g/mol. The Labute approximate surface area is 92.2 Å². The maximum absolute atomic E-state index is 13.5. The van der Waals surface area contributed by atoms with Gasteiger partial charge in [-0.2, -0.15) is 0 Å². The van der Waals surface area contributed by atoms with Crippen molar-refractivity contribution < 1.29 is 4.39 Å². The van der Waals surface area contributed by atoms with Crippen molar-refractivity contribution in [2.75, 3.05) is 12.4 Å². The molecule has 0 amide bonds. The third kappa shape index (κ3) is 1.69. The zero-order valence-corrected chi connectivity index (χ0v) is 8.77. The molecule has 4 heteroatoms. The first kappa shape index (κ1) is 10.4. The molecule has 0 radical (unpaired) electrons. The van der Waals surface area contributed by atoms with Gasteiger partial charge in [-0.05, 0) is 24.3 Å². The Hall–Kier alpha value is -2.10. The van der Waals surface area contributed by atoms with E-state index in [4.69, 9.17) is 0 Å². The Morgan fingerprint density at radius 1 is 1.19 bits per heavy atom. The number of hydrogen-bond donors (Lipinski definition) is 1. The van der Waals surface area contributed by atoms with E-state index in [1.165, 1.54) is 10.6 Å². The Kier molecular flexibility index (Phi) is 2.72. The minimum atomic E-state index is -0.419. The van der Waals surface area contributed by atoms with Gasteiger partial charge in [0.05, 0.1) is 5.69 Å². The summed E-state index contributed by atoms with van der Waals surface area (Å²) in [5, 5.41) is 2.77. The number of para-hydroxylation sites is 1. The van der Waals surface area contributed by atoms with Gasteiger partial charge in [0.25, 0.3) is 5.56 Å². The summed E-state index contributed by atoms with van der Waals surface area (Å²) >= 11 is 0.